The first-order valence-corrected chi connectivity index (χ1v) is 6.78. The maximum absolute atomic E-state index is 12.2. The molecule has 1 saturated heterocycles. The molecule has 4 nitrogen and oxygen atoms in total. The van der Waals surface area contributed by atoms with E-state index in [-0.39, 0.29) is 12.6 Å². The molecule has 1 aliphatic heterocycles. The molecule has 0 radical (unpaired) electrons. The number of aliphatic hydroxyl groups excluding tert-OH is 1. The minimum atomic E-state index is -3.43. The zero-order valence-corrected chi connectivity index (χ0v) is 9.73. The SMILES string of the molecule is O=S(=O)(c1ccccc1)N1CCCC1CO. The summed E-state index contributed by atoms with van der Waals surface area (Å²) in [4.78, 5) is 0.301. The van der Waals surface area contributed by atoms with Gasteiger partial charge in [-0.15, -0.1) is 0 Å². The molecule has 1 aromatic carbocycles. The largest absolute Gasteiger partial charge is 0.395 e. The van der Waals surface area contributed by atoms with Crippen LogP contribution in [0.2, 0.25) is 0 Å². The fraction of sp³-hybridized carbons (Fsp3) is 0.455. The molecule has 1 heterocycles. The first kappa shape index (κ1) is 11.6. The molecule has 0 saturated carbocycles. The van der Waals surface area contributed by atoms with Crippen LogP contribution in [0.3, 0.4) is 0 Å². The molecule has 0 aromatic heterocycles. The summed E-state index contributed by atoms with van der Waals surface area (Å²) in [7, 11) is -3.43. The van der Waals surface area contributed by atoms with Gasteiger partial charge >= 0.3 is 0 Å². The van der Waals surface area contributed by atoms with Crippen LogP contribution < -0.4 is 0 Å². The minimum absolute atomic E-state index is 0.105. The molecule has 1 aromatic rings. The fourth-order valence-corrected chi connectivity index (χ4v) is 3.74. The predicted molar refractivity (Wildman–Crippen MR) is 60.4 cm³/mol. The van der Waals surface area contributed by atoms with Gasteiger partial charge in [0.05, 0.1) is 11.5 Å². The van der Waals surface area contributed by atoms with E-state index in [1.807, 2.05) is 0 Å². The van der Waals surface area contributed by atoms with E-state index in [2.05, 4.69) is 0 Å². The Balaban J connectivity index is 2.33. The van der Waals surface area contributed by atoms with Crippen LogP contribution in [0.25, 0.3) is 0 Å². The number of hydrogen-bond acceptors (Lipinski definition) is 3. The topological polar surface area (TPSA) is 57.6 Å². The van der Waals surface area contributed by atoms with Crippen LogP contribution in [0.4, 0.5) is 0 Å². The van der Waals surface area contributed by atoms with Crippen LogP contribution in [-0.2, 0) is 10.0 Å². The highest BCUT2D eigenvalue weighted by molar-refractivity contribution is 7.89. The van der Waals surface area contributed by atoms with Gasteiger partial charge < -0.3 is 5.11 Å². The lowest BCUT2D eigenvalue weighted by Gasteiger charge is -2.22. The van der Waals surface area contributed by atoms with E-state index in [1.54, 1.807) is 30.3 Å². The molecule has 0 spiro atoms. The van der Waals surface area contributed by atoms with Gasteiger partial charge in [-0.1, -0.05) is 18.2 Å². The van der Waals surface area contributed by atoms with Gasteiger partial charge in [0, 0.05) is 12.6 Å². The molecule has 0 bridgehead atoms. The fourth-order valence-electron chi connectivity index (χ4n) is 2.04. The summed E-state index contributed by atoms with van der Waals surface area (Å²) >= 11 is 0. The van der Waals surface area contributed by atoms with Crippen molar-refractivity contribution in [2.75, 3.05) is 13.2 Å². The van der Waals surface area contributed by atoms with E-state index < -0.39 is 10.0 Å². The average molecular weight is 241 g/mol. The lowest BCUT2D eigenvalue weighted by Crippen LogP contribution is -2.37. The number of hydrogen-bond donors (Lipinski definition) is 1. The van der Waals surface area contributed by atoms with Crippen LogP contribution >= 0.6 is 0 Å². The van der Waals surface area contributed by atoms with Crippen LogP contribution in [-0.4, -0.2) is 37.0 Å². The van der Waals surface area contributed by atoms with Crippen molar-refractivity contribution in [1.29, 1.82) is 0 Å². The van der Waals surface area contributed by atoms with E-state index >= 15 is 0 Å². The summed E-state index contributed by atoms with van der Waals surface area (Å²) in [6.45, 7) is 0.397. The van der Waals surface area contributed by atoms with Crippen molar-refractivity contribution in [2.45, 2.75) is 23.8 Å². The van der Waals surface area contributed by atoms with Crippen molar-refractivity contribution in [3.8, 4) is 0 Å². The van der Waals surface area contributed by atoms with Crippen molar-refractivity contribution in [3.63, 3.8) is 0 Å². The highest BCUT2D eigenvalue weighted by Crippen LogP contribution is 2.25. The smallest absolute Gasteiger partial charge is 0.243 e. The highest BCUT2D eigenvalue weighted by atomic mass is 32.2. The molecule has 1 atom stereocenters. The molecule has 1 N–H and O–H groups in total. The maximum atomic E-state index is 12.2. The first-order chi connectivity index (χ1) is 7.66. The Hall–Kier alpha value is -0.910. The summed E-state index contributed by atoms with van der Waals surface area (Å²) in [6.07, 6.45) is 1.56. The number of sulfonamides is 1. The van der Waals surface area contributed by atoms with Gasteiger partial charge in [0.15, 0.2) is 0 Å². The lowest BCUT2D eigenvalue weighted by atomic mass is 10.2. The molecule has 88 valence electrons. The summed E-state index contributed by atoms with van der Waals surface area (Å²) < 4.78 is 25.8. The van der Waals surface area contributed by atoms with Gasteiger partial charge in [-0.25, -0.2) is 8.42 Å². The van der Waals surface area contributed by atoms with Crippen LogP contribution in [0, 0.1) is 0 Å². The zero-order chi connectivity index (χ0) is 11.6. The number of benzene rings is 1. The summed E-state index contributed by atoms with van der Waals surface area (Å²) in [5, 5.41) is 9.14. The van der Waals surface area contributed by atoms with Crippen molar-refractivity contribution in [1.82, 2.24) is 4.31 Å². The van der Waals surface area contributed by atoms with E-state index in [9.17, 15) is 8.42 Å². The summed E-state index contributed by atoms with van der Waals surface area (Å²) in [5.41, 5.74) is 0. The Morgan fingerprint density at radius 1 is 1.31 bits per heavy atom. The van der Waals surface area contributed by atoms with Crippen LogP contribution in [0.15, 0.2) is 35.2 Å². The molecular formula is C11H15NO3S. The third kappa shape index (κ3) is 1.98. The molecule has 2 rings (SSSR count). The Labute approximate surface area is 95.6 Å². The summed E-state index contributed by atoms with van der Waals surface area (Å²) in [6, 6.07) is 8.11. The van der Waals surface area contributed by atoms with Gasteiger partial charge in [0.25, 0.3) is 0 Å². The zero-order valence-electron chi connectivity index (χ0n) is 8.91. The molecule has 5 heteroatoms. The lowest BCUT2D eigenvalue weighted by molar-refractivity contribution is 0.213. The quantitative estimate of drug-likeness (QED) is 0.853. The van der Waals surface area contributed by atoms with Gasteiger partial charge in [0.2, 0.25) is 10.0 Å². The second kappa shape index (κ2) is 4.53. The molecule has 16 heavy (non-hydrogen) atoms. The van der Waals surface area contributed by atoms with Crippen molar-refractivity contribution < 1.29 is 13.5 Å². The van der Waals surface area contributed by atoms with Gasteiger partial charge in [-0.3, -0.25) is 0 Å². The van der Waals surface area contributed by atoms with Gasteiger partial charge in [-0.05, 0) is 25.0 Å². The van der Waals surface area contributed by atoms with Crippen molar-refractivity contribution >= 4 is 10.0 Å². The average Bonchev–Trinajstić information content (AvgIpc) is 2.79. The molecule has 1 unspecified atom stereocenters. The summed E-state index contributed by atoms with van der Waals surface area (Å²) in [5.74, 6) is 0. The molecule has 0 amide bonds. The van der Waals surface area contributed by atoms with E-state index in [4.69, 9.17) is 5.11 Å². The monoisotopic (exact) mass is 241 g/mol. The normalized spacial score (nSPS) is 22.4. The number of aliphatic hydroxyl groups is 1. The predicted octanol–water partition coefficient (Wildman–Crippen LogP) is 0.832. The third-order valence-electron chi connectivity index (χ3n) is 2.88. The number of rotatable bonds is 3. The Bertz CT molecular complexity index is 444. The van der Waals surface area contributed by atoms with E-state index in [0.29, 0.717) is 11.4 Å². The van der Waals surface area contributed by atoms with Crippen molar-refractivity contribution in [2.24, 2.45) is 0 Å². The third-order valence-corrected chi connectivity index (χ3v) is 4.85. The van der Waals surface area contributed by atoms with E-state index in [1.165, 1.54) is 4.31 Å². The van der Waals surface area contributed by atoms with Crippen LogP contribution in [0.5, 0.6) is 0 Å². The minimum Gasteiger partial charge on any atom is -0.395 e. The first-order valence-electron chi connectivity index (χ1n) is 5.34. The van der Waals surface area contributed by atoms with E-state index in [0.717, 1.165) is 12.8 Å². The molecule has 0 aliphatic carbocycles. The Morgan fingerprint density at radius 3 is 2.62 bits per heavy atom. The highest BCUT2D eigenvalue weighted by Gasteiger charge is 2.34. The molecule has 1 aliphatic rings. The number of nitrogens with zero attached hydrogens (tertiary/aromatic N) is 1. The second-order valence-corrected chi connectivity index (χ2v) is 5.80. The Kier molecular flexibility index (Phi) is 3.28. The van der Waals surface area contributed by atoms with Gasteiger partial charge in [-0.2, -0.15) is 4.31 Å². The second-order valence-electron chi connectivity index (χ2n) is 3.91. The molecular weight excluding hydrogens is 226 g/mol. The standard InChI is InChI=1S/C11H15NO3S/c13-9-10-5-4-8-12(10)16(14,15)11-6-2-1-3-7-11/h1-3,6-7,10,13H,4-5,8-9H2. The van der Waals surface area contributed by atoms with Crippen molar-refractivity contribution in [3.05, 3.63) is 30.3 Å². The Morgan fingerprint density at radius 2 is 2.00 bits per heavy atom. The van der Waals surface area contributed by atoms with Gasteiger partial charge in [0.1, 0.15) is 0 Å². The maximum Gasteiger partial charge on any atom is 0.243 e. The van der Waals surface area contributed by atoms with Crippen LogP contribution in [0.1, 0.15) is 12.8 Å². The molecule has 1 fully saturated rings.